The molecule has 0 unspecified atom stereocenters. The standard InChI is InChI=1S/C15H11ClF2O/c16-14-5-4-11(9-15(14)18)8-13(19)7-10-2-1-3-12(17)6-10/h1-6,9H,7-8H2. The first-order valence-corrected chi connectivity index (χ1v) is 6.12. The summed E-state index contributed by atoms with van der Waals surface area (Å²) < 4.78 is 26.2. The molecule has 2 aromatic carbocycles. The zero-order valence-electron chi connectivity index (χ0n) is 10.00. The third-order valence-corrected chi connectivity index (χ3v) is 2.98. The molecule has 0 N–H and O–H groups in total. The summed E-state index contributed by atoms with van der Waals surface area (Å²) in [6, 6.07) is 10.1. The highest BCUT2D eigenvalue weighted by Gasteiger charge is 2.08. The largest absolute Gasteiger partial charge is 0.299 e. The number of carbonyl (C=O) groups excluding carboxylic acids is 1. The normalized spacial score (nSPS) is 10.5. The van der Waals surface area contributed by atoms with Gasteiger partial charge in [-0.15, -0.1) is 0 Å². The zero-order valence-corrected chi connectivity index (χ0v) is 10.8. The number of benzene rings is 2. The highest BCUT2D eigenvalue weighted by molar-refractivity contribution is 6.30. The quantitative estimate of drug-likeness (QED) is 0.828. The van der Waals surface area contributed by atoms with Gasteiger partial charge in [-0.3, -0.25) is 4.79 Å². The summed E-state index contributed by atoms with van der Waals surface area (Å²) in [5.41, 5.74) is 1.17. The monoisotopic (exact) mass is 280 g/mol. The van der Waals surface area contributed by atoms with Crippen LogP contribution in [0.2, 0.25) is 5.02 Å². The van der Waals surface area contributed by atoms with Crippen molar-refractivity contribution in [3.05, 3.63) is 70.2 Å². The van der Waals surface area contributed by atoms with Gasteiger partial charge in [-0.05, 0) is 35.4 Å². The zero-order chi connectivity index (χ0) is 13.8. The Morgan fingerprint density at radius 3 is 2.32 bits per heavy atom. The Bertz CT molecular complexity index is 611. The predicted octanol–water partition coefficient (Wildman–Crippen LogP) is 3.97. The number of carbonyl (C=O) groups is 1. The Balaban J connectivity index is 2.03. The van der Waals surface area contributed by atoms with E-state index in [4.69, 9.17) is 11.6 Å². The molecule has 0 heterocycles. The van der Waals surface area contributed by atoms with Crippen molar-refractivity contribution < 1.29 is 13.6 Å². The van der Waals surface area contributed by atoms with E-state index in [0.717, 1.165) is 0 Å². The van der Waals surface area contributed by atoms with Crippen molar-refractivity contribution in [3.63, 3.8) is 0 Å². The lowest BCUT2D eigenvalue weighted by atomic mass is 10.0. The minimum Gasteiger partial charge on any atom is -0.299 e. The van der Waals surface area contributed by atoms with E-state index >= 15 is 0 Å². The van der Waals surface area contributed by atoms with Crippen molar-refractivity contribution in [1.29, 1.82) is 0 Å². The Hall–Kier alpha value is -1.74. The Labute approximate surface area is 114 Å². The van der Waals surface area contributed by atoms with E-state index in [2.05, 4.69) is 0 Å². The van der Waals surface area contributed by atoms with Crippen LogP contribution in [0.4, 0.5) is 8.78 Å². The fraction of sp³-hybridized carbons (Fsp3) is 0.133. The van der Waals surface area contributed by atoms with Gasteiger partial charge in [0.2, 0.25) is 0 Å². The van der Waals surface area contributed by atoms with Crippen LogP contribution in [0.25, 0.3) is 0 Å². The van der Waals surface area contributed by atoms with Gasteiger partial charge in [0.25, 0.3) is 0 Å². The molecule has 0 bridgehead atoms. The van der Waals surface area contributed by atoms with E-state index < -0.39 is 5.82 Å². The van der Waals surface area contributed by atoms with Gasteiger partial charge in [0.05, 0.1) is 5.02 Å². The average Bonchev–Trinajstić information content (AvgIpc) is 2.34. The lowest BCUT2D eigenvalue weighted by molar-refractivity contribution is -0.117. The van der Waals surface area contributed by atoms with Gasteiger partial charge in [-0.25, -0.2) is 8.78 Å². The van der Waals surface area contributed by atoms with Gasteiger partial charge in [0, 0.05) is 12.8 Å². The molecule has 0 fully saturated rings. The minimum atomic E-state index is -0.544. The van der Waals surface area contributed by atoms with Crippen LogP contribution in [-0.2, 0) is 17.6 Å². The number of Topliss-reactive ketones (excluding diaryl/α,β-unsaturated/α-hetero) is 1. The van der Waals surface area contributed by atoms with Crippen LogP contribution in [0.5, 0.6) is 0 Å². The van der Waals surface area contributed by atoms with E-state index in [0.29, 0.717) is 11.1 Å². The van der Waals surface area contributed by atoms with Gasteiger partial charge in [0.15, 0.2) is 0 Å². The van der Waals surface area contributed by atoms with Crippen LogP contribution in [-0.4, -0.2) is 5.78 Å². The highest BCUT2D eigenvalue weighted by Crippen LogP contribution is 2.16. The SMILES string of the molecule is O=C(Cc1cccc(F)c1)Cc1ccc(Cl)c(F)c1. The van der Waals surface area contributed by atoms with Crippen LogP contribution in [0.15, 0.2) is 42.5 Å². The van der Waals surface area contributed by atoms with Crippen molar-refractivity contribution in [2.75, 3.05) is 0 Å². The third-order valence-electron chi connectivity index (χ3n) is 2.68. The highest BCUT2D eigenvalue weighted by atomic mass is 35.5. The molecular formula is C15H11ClF2O. The lowest BCUT2D eigenvalue weighted by Gasteiger charge is -2.03. The van der Waals surface area contributed by atoms with Crippen LogP contribution in [0.1, 0.15) is 11.1 Å². The van der Waals surface area contributed by atoms with Gasteiger partial charge in [0.1, 0.15) is 17.4 Å². The fourth-order valence-corrected chi connectivity index (χ4v) is 1.93. The number of halogens is 3. The molecule has 0 aliphatic rings. The van der Waals surface area contributed by atoms with Crippen LogP contribution >= 0.6 is 11.6 Å². The maximum atomic E-state index is 13.2. The molecule has 0 radical (unpaired) electrons. The Morgan fingerprint density at radius 2 is 1.68 bits per heavy atom. The first-order chi connectivity index (χ1) is 9.04. The topological polar surface area (TPSA) is 17.1 Å². The third kappa shape index (κ3) is 3.86. The number of ketones is 1. The number of hydrogen-bond acceptors (Lipinski definition) is 1. The van der Waals surface area contributed by atoms with Crippen LogP contribution < -0.4 is 0 Å². The molecule has 0 atom stereocenters. The van der Waals surface area contributed by atoms with E-state index in [1.165, 1.54) is 24.3 Å². The minimum absolute atomic E-state index is 0.0290. The van der Waals surface area contributed by atoms with Gasteiger partial charge in [-0.2, -0.15) is 0 Å². The predicted molar refractivity (Wildman–Crippen MR) is 70.2 cm³/mol. The van der Waals surface area contributed by atoms with Crippen LogP contribution in [0.3, 0.4) is 0 Å². The number of rotatable bonds is 4. The van der Waals surface area contributed by atoms with E-state index in [-0.39, 0.29) is 29.5 Å². The second-order valence-electron chi connectivity index (χ2n) is 4.27. The smallest absolute Gasteiger partial charge is 0.142 e. The molecule has 0 saturated carbocycles. The van der Waals surface area contributed by atoms with E-state index in [9.17, 15) is 13.6 Å². The molecule has 0 aromatic heterocycles. The summed E-state index contributed by atoms with van der Waals surface area (Å²) in [4.78, 5) is 11.8. The van der Waals surface area contributed by atoms with Crippen molar-refractivity contribution in [3.8, 4) is 0 Å². The van der Waals surface area contributed by atoms with Crippen molar-refractivity contribution in [2.24, 2.45) is 0 Å². The maximum Gasteiger partial charge on any atom is 0.142 e. The molecule has 0 amide bonds. The number of hydrogen-bond donors (Lipinski definition) is 0. The second kappa shape index (κ2) is 5.93. The van der Waals surface area contributed by atoms with Crippen LogP contribution in [0, 0.1) is 11.6 Å². The first-order valence-electron chi connectivity index (χ1n) is 5.74. The molecule has 0 aliphatic carbocycles. The van der Waals surface area contributed by atoms with Gasteiger partial charge >= 0.3 is 0 Å². The Kier molecular flexibility index (Phi) is 4.27. The summed E-state index contributed by atoms with van der Waals surface area (Å²) in [5, 5.41) is 0.0290. The molecule has 0 spiro atoms. The second-order valence-corrected chi connectivity index (χ2v) is 4.68. The summed E-state index contributed by atoms with van der Waals surface area (Å²) in [6.07, 6.45) is 0.229. The molecular weight excluding hydrogens is 270 g/mol. The summed E-state index contributed by atoms with van der Waals surface area (Å²) >= 11 is 5.56. The lowest BCUT2D eigenvalue weighted by Crippen LogP contribution is -2.07. The molecule has 0 aliphatic heterocycles. The molecule has 0 saturated heterocycles. The molecule has 1 nitrogen and oxygen atoms in total. The van der Waals surface area contributed by atoms with E-state index in [1.807, 2.05) is 0 Å². The van der Waals surface area contributed by atoms with Crippen molar-refractivity contribution in [2.45, 2.75) is 12.8 Å². The van der Waals surface area contributed by atoms with Crippen molar-refractivity contribution in [1.82, 2.24) is 0 Å². The molecule has 2 rings (SSSR count). The maximum absolute atomic E-state index is 13.2. The van der Waals surface area contributed by atoms with Gasteiger partial charge in [-0.1, -0.05) is 29.8 Å². The molecule has 4 heteroatoms. The first kappa shape index (κ1) is 13.7. The van der Waals surface area contributed by atoms with Gasteiger partial charge < -0.3 is 0 Å². The van der Waals surface area contributed by atoms with Crippen molar-refractivity contribution >= 4 is 17.4 Å². The molecule has 19 heavy (non-hydrogen) atoms. The Morgan fingerprint density at radius 1 is 1.00 bits per heavy atom. The molecule has 98 valence electrons. The average molecular weight is 281 g/mol. The fourth-order valence-electron chi connectivity index (χ4n) is 1.81. The summed E-state index contributed by atoms with van der Waals surface area (Å²) in [7, 11) is 0. The molecule has 2 aromatic rings. The summed E-state index contributed by atoms with van der Waals surface area (Å²) in [6.45, 7) is 0. The van der Waals surface area contributed by atoms with E-state index in [1.54, 1.807) is 18.2 Å². The summed E-state index contributed by atoms with van der Waals surface area (Å²) in [5.74, 6) is -1.02.